The Labute approximate surface area is 118 Å². The number of nitrogens with zero attached hydrogens (tertiary/aromatic N) is 1. The van der Waals surface area contributed by atoms with Gasteiger partial charge in [0.05, 0.1) is 5.54 Å². The summed E-state index contributed by atoms with van der Waals surface area (Å²) in [6.45, 7) is 3.88. The van der Waals surface area contributed by atoms with Crippen LogP contribution < -0.4 is 5.32 Å². The molecule has 1 N–H and O–H groups in total. The first-order valence-corrected chi connectivity index (χ1v) is 7.95. The van der Waals surface area contributed by atoms with Crippen LogP contribution in [0.1, 0.15) is 25.3 Å². The fourth-order valence-electron chi connectivity index (χ4n) is 2.55. The van der Waals surface area contributed by atoms with Gasteiger partial charge in [0.1, 0.15) is 0 Å². The van der Waals surface area contributed by atoms with Crippen molar-refractivity contribution in [3.63, 3.8) is 0 Å². The number of thioether (sulfide) groups is 1. The molecule has 1 aromatic rings. The minimum atomic E-state index is 0.133. The molecule has 1 spiro atoms. The minimum Gasteiger partial charge on any atom is -0.381 e. The number of hydrogen-bond donors (Lipinski definition) is 1. The van der Waals surface area contributed by atoms with E-state index in [2.05, 4.69) is 36.5 Å². The molecule has 0 amide bonds. The summed E-state index contributed by atoms with van der Waals surface area (Å²) in [5.74, 6) is 1.09. The van der Waals surface area contributed by atoms with Gasteiger partial charge < -0.3 is 10.1 Å². The summed E-state index contributed by atoms with van der Waals surface area (Å²) in [7, 11) is 0. The standard InChI is InChI=1S/C15H20N2OS/c1-2-12-4-3-5-13(10-12)16-14-17-15(11-19-14)6-8-18-9-7-15/h3-5,10H,2,6-9,11H2,1H3,(H,16,17). The molecule has 0 saturated carbocycles. The topological polar surface area (TPSA) is 33.6 Å². The van der Waals surface area contributed by atoms with Crippen LogP contribution in [-0.2, 0) is 11.2 Å². The molecule has 3 rings (SSSR count). The smallest absolute Gasteiger partial charge is 0.161 e. The van der Waals surface area contributed by atoms with Crippen molar-refractivity contribution in [2.75, 3.05) is 24.3 Å². The van der Waals surface area contributed by atoms with Gasteiger partial charge in [0.15, 0.2) is 5.17 Å². The summed E-state index contributed by atoms with van der Waals surface area (Å²) >= 11 is 1.84. The van der Waals surface area contributed by atoms with Crippen LogP contribution in [0.25, 0.3) is 0 Å². The third kappa shape index (κ3) is 2.95. The zero-order valence-corrected chi connectivity index (χ0v) is 12.1. The Morgan fingerprint density at radius 3 is 3.00 bits per heavy atom. The van der Waals surface area contributed by atoms with Crippen molar-refractivity contribution < 1.29 is 4.74 Å². The summed E-state index contributed by atoms with van der Waals surface area (Å²) < 4.78 is 5.44. The Bertz CT molecular complexity index is 481. The van der Waals surface area contributed by atoms with E-state index < -0.39 is 0 Å². The van der Waals surface area contributed by atoms with E-state index in [4.69, 9.17) is 9.73 Å². The molecule has 1 aromatic carbocycles. The van der Waals surface area contributed by atoms with Crippen LogP contribution in [0.4, 0.5) is 5.69 Å². The Morgan fingerprint density at radius 2 is 2.21 bits per heavy atom. The number of amidine groups is 1. The molecular formula is C15H20N2OS. The molecule has 19 heavy (non-hydrogen) atoms. The van der Waals surface area contributed by atoms with Gasteiger partial charge in [-0.2, -0.15) is 0 Å². The van der Waals surface area contributed by atoms with Crippen LogP contribution in [-0.4, -0.2) is 29.7 Å². The average molecular weight is 276 g/mol. The molecule has 0 atom stereocenters. The summed E-state index contributed by atoms with van der Waals surface area (Å²) in [6.07, 6.45) is 3.18. The van der Waals surface area contributed by atoms with E-state index >= 15 is 0 Å². The summed E-state index contributed by atoms with van der Waals surface area (Å²) in [6, 6.07) is 8.58. The highest BCUT2D eigenvalue weighted by molar-refractivity contribution is 8.14. The van der Waals surface area contributed by atoms with E-state index in [-0.39, 0.29) is 5.54 Å². The van der Waals surface area contributed by atoms with E-state index in [0.29, 0.717) is 0 Å². The number of anilines is 1. The number of nitrogens with one attached hydrogen (secondary N) is 1. The molecule has 0 bridgehead atoms. The van der Waals surface area contributed by atoms with Crippen molar-refractivity contribution in [1.29, 1.82) is 0 Å². The van der Waals surface area contributed by atoms with Crippen LogP contribution in [0.3, 0.4) is 0 Å². The second-order valence-corrected chi connectivity index (χ2v) is 6.19. The lowest BCUT2D eigenvalue weighted by atomic mass is 9.93. The molecule has 1 fully saturated rings. The van der Waals surface area contributed by atoms with Gasteiger partial charge in [-0.25, -0.2) is 0 Å². The molecule has 102 valence electrons. The molecule has 1 saturated heterocycles. The highest BCUT2D eigenvalue weighted by Crippen LogP contribution is 2.36. The third-order valence-corrected chi connectivity index (χ3v) is 4.97. The zero-order chi connectivity index (χ0) is 13.1. The first kappa shape index (κ1) is 13.0. The maximum absolute atomic E-state index is 5.44. The minimum absolute atomic E-state index is 0.133. The number of aryl methyl sites for hydroxylation is 1. The molecule has 2 aliphatic heterocycles. The molecule has 3 nitrogen and oxygen atoms in total. The summed E-state index contributed by atoms with van der Waals surface area (Å²) in [4.78, 5) is 4.92. The number of hydrogen-bond acceptors (Lipinski definition) is 4. The quantitative estimate of drug-likeness (QED) is 0.899. The van der Waals surface area contributed by atoms with Crippen molar-refractivity contribution in [2.24, 2.45) is 4.99 Å². The molecule has 0 unspecified atom stereocenters. The van der Waals surface area contributed by atoms with Crippen LogP contribution in [0.2, 0.25) is 0 Å². The van der Waals surface area contributed by atoms with Gasteiger partial charge in [0, 0.05) is 24.7 Å². The first-order chi connectivity index (χ1) is 9.30. The normalized spacial score (nSPS) is 21.4. The number of aliphatic imine (C=N–C) groups is 1. The van der Waals surface area contributed by atoms with Crippen molar-refractivity contribution in [1.82, 2.24) is 0 Å². The monoisotopic (exact) mass is 276 g/mol. The van der Waals surface area contributed by atoms with Gasteiger partial charge in [0.2, 0.25) is 0 Å². The van der Waals surface area contributed by atoms with Gasteiger partial charge in [-0.1, -0.05) is 30.8 Å². The van der Waals surface area contributed by atoms with E-state index in [1.54, 1.807) is 0 Å². The molecule has 2 heterocycles. The fraction of sp³-hybridized carbons (Fsp3) is 0.533. The van der Waals surface area contributed by atoms with Crippen molar-refractivity contribution in [3.8, 4) is 0 Å². The molecule has 0 radical (unpaired) electrons. The maximum atomic E-state index is 5.44. The molecule has 0 aliphatic carbocycles. The predicted molar refractivity (Wildman–Crippen MR) is 82.1 cm³/mol. The van der Waals surface area contributed by atoms with Crippen LogP contribution in [0, 0.1) is 0 Å². The SMILES string of the molecule is CCc1cccc(NC2=NC3(CCOCC3)CS2)c1. The lowest BCUT2D eigenvalue weighted by Gasteiger charge is -2.29. The van der Waals surface area contributed by atoms with Gasteiger partial charge in [0.25, 0.3) is 0 Å². The lowest BCUT2D eigenvalue weighted by molar-refractivity contribution is 0.0624. The number of benzene rings is 1. The fourth-order valence-corrected chi connectivity index (χ4v) is 3.75. The van der Waals surface area contributed by atoms with Gasteiger partial charge >= 0.3 is 0 Å². The van der Waals surface area contributed by atoms with Crippen molar-refractivity contribution in [3.05, 3.63) is 29.8 Å². The van der Waals surface area contributed by atoms with E-state index in [1.807, 2.05) is 11.8 Å². The van der Waals surface area contributed by atoms with Crippen molar-refractivity contribution >= 4 is 22.6 Å². The Balaban J connectivity index is 1.71. The van der Waals surface area contributed by atoms with Gasteiger partial charge in [-0.05, 0) is 37.0 Å². The highest BCUT2D eigenvalue weighted by Gasteiger charge is 2.37. The Hall–Kier alpha value is -1.00. The van der Waals surface area contributed by atoms with Crippen LogP contribution >= 0.6 is 11.8 Å². The van der Waals surface area contributed by atoms with Crippen molar-refractivity contribution in [2.45, 2.75) is 31.7 Å². The highest BCUT2D eigenvalue weighted by atomic mass is 32.2. The second-order valence-electron chi connectivity index (χ2n) is 5.22. The maximum Gasteiger partial charge on any atom is 0.161 e. The lowest BCUT2D eigenvalue weighted by Crippen LogP contribution is -2.34. The number of ether oxygens (including phenoxy) is 1. The zero-order valence-electron chi connectivity index (χ0n) is 11.3. The molecule has 0 aromatic heterocycles. The van der Waals surface area contributed by atoms with E-state index in [9.17, 15) is 0 Å². The molecule has 4 heteroatoms. The van der Waals surface area contributed by atoms with E-state index in [0.717, 1.165) is 49.1 Å². The third-order valence-electron chi connectivity index (χ3n) is 3.83. The summed E-state index contributed by atoms with van der Waals surface area (Å²) in [5, 5.41) is 4.52. The largest absolute Gasteiger partial charge is 0.381 e. The van der Waals surface area contributed by atoms with Crippen LogP contribution in [0.5, 0.6) is 0 Å². The predicted octanol–water partition coefficient (Wildman–Crippen LogP) is 3.31. The van der Waals surface area contributed by atoms with Gasteiger partial charge in [-0.3, -0.25) is 4.99 Å². The van der Waals surface area contributed by atoms with Crippen LogP contribution in [0.15, 0.2) is 29.3 Å². The van der Waals surface area contributed by atoms with Gasteiger partial charge in [-0.15, -0.1) is 0 Å². The first-order valence-electron chi connectivity index (χ1n) is 6.96. The van der Waals surface area contributed by atoms with E-state index in [1.165, 1.54) is 5.56 Å². The summed E-state index contributed by atoms with van der Waals surface area (Å²) in [5.41, 5.74) is 2.64. The average Bonchev–Trinajstić information content (AvgIpc) is 2.82. The Morgan fingerprint density at radius 1 is 1.37 bits per heavy atom. The number of rotatable bonds is 2. The molecule has 2 aliphatic rings. The second kappa shape index (κ2) is 5.55. The molecular weight excluding hydrogens is 256 g/mol. The Kier molecular flexibility index (Phi) is 3.80.